The number of nitrogens with zero attached hydrogens (tertiary/aromatic N) is 3. The Labute approximate surface area is 135 Å². The zero-order valence-corrected chi connectivity index (χ0v) is 13.4. The summed E-state index contributed by atoms with van der Waals surface area (Å²) in [6.07, 6.45) is 0.797. The Hall–Kier alpha value is -1.94. The fourth-order valence-corrected chi connectivity index (χ4v) is 5.29. The van der Waals surface area contributed by atoms with Gasteiger partial charge in [0.1, 0.15) is 6.04 Å². The monoisotopic (exact) mass is 327 g/mol. The van der Waals surface area contributed by atoms with Crippen molar-refractivity contribution in [2.75, 3.05) is 19.6 Å². The molecule has 118 valence electrons. The molecule has 0 spiro atoms. The number of benzene rings is 2. The molecule has 0 saturated carbocycles. The minimum absolute atomic E-state index is 0.0175. The molecule has 3 atom stereocenters. The lowest BCUT2D eigenvalue weighted by molar-refractivity contribution is 0.176. The van der Waals surface area contributed by atoms with Gasteiger partial charge in [-0.05, 0) is 29.3 Å². The van der Waals surface area contributed by atoms with Crippen molar-refractivity contribution in [3.8, 4) is 6.07 Å². The van der Waals surface area contributed by atoms with Crippen molar-refractivity contribution in [1.29, 1.82) is 5.26 Å². The molecule has 0 aromatic heterocycles. The SMILES string of the molecule is N#CC1CN(S(=O)(=O)c2ccc3ccccc3c2)C2CCN1C2. The molecule has 0 aliphatic carbocycles. The summed E-state index contributed by atoms with van der Waals surface area (Å²) in [5, 5.41) is 11.2. The first-order valence-corrected chi connectivity index (χ1v) is 9.18. The summed E-state index contributed by atoms with van der Waals surface area (Å²) >= 11 is 0. The average molecular weight is 327 g/mol. The Morgan fingerprint density at radius 2 is 1.87 bits per heavy atom. The van der Waals surface area contributed by atoms with Gasteiger partial charge in [0.05, 0.1) is 11.0 Å². The Morgan fingerprint density at radius 3 is 2.65 bits per heavy atom. The number of rotatable bonds is 2. The van der Waals surface area contributed by atoms with Crippen molar-refractivity contribution in [2.24, 2.45) is 0 Å². The maximum Gasteiger partial charge on any atom is 0.243 e. The molecule has 2 aliphatic rings. The highest BCUT2D eigenvalue weighted by atomic mass is 32.2. The van der Waals surface area contributed by atoms with Gasteiger partial charge in [0.25, 0.3) is 0 Å². The largest absolute Gasteiger partial charge is 0.285 e. The molecule has 0 N–H and O–H groups in total. The van der Waals surface area contributed by atoms with Gasteiger partial charge in [-0.3, -0.25) is 4.90 Å². The number of hydrogen-bond donors (Lipinski definition) is 0. The first-order chi connectivity index (χ1) is 11.1. The fraction of sp³-hybridized carbons (Fsp3) is 0.353. The van der Waals surface area contributed by atoms with E-state index < -0.39 is 10.0 Å². The lowest BCUT2D eigenvalue weighted by Gasteiger charge is -2.36. The van der Waals surface area contributed by atoms with Crippen LogP contribution in [0.15, 0.2) is 47.4 Å². The summed E-state index contributed by atoms with van der Waals surface area (Å²) in [4.78, 5) is 2.39. The molecule has 4 rings (SSSR count). The number of fused-ring (bicyclic) bond motifs is 3. The van der Waals surface area contributed by atoms with Crippen molar-refractivity contribution >= 4 is 20.8 Å². The highest BCUT2D eigenvalue weighted by Gasteiger charge is 2.44. The molecule has 2 heterocycles. The smallest absolute Gasteiger partial charge is 0.243 e. The van der Waals surface area contributed by atoms with Crippen LogP contribution in [-0.4, -0.2) is 49.3 Å². The van der Waals surface area contributed by atoms with E-state index in [1.807, 2.05) is 30.3 Å². The number of hydrogen-bond acceptors (Lipinski definition) is 4. The normalized spacial score (nSPS) is 27.9. The summed E-state index contributed by atoms with van der Waals surface area (Å²) in [6.45, 7) is 1.72. The lowest BCUT2D eigenvalue weighted by atomic mass is 10.1. The third-order valence-corrected chi connectivity index (χ3v) is 6.79. The maximum atomic E-state index is 13.1. The van der Waals surface area contributed by atoms with Crippen molar-refractivity contribution in [2.45, 2.75) is 23.4 Å². The molecule has 0 radical (unpaired) electrons. The van der Waals surface area contributed by atoms with Crippen molar-refractivity contribution < 1.29 is 8.42 Å². The molecule has 2 aliphatic heterocycles. The van der Waals surface area contributed by atoms with E-state index in [2.05, 4.69) is 11.0 Å². The van der Waals surface area contributed by atoms with Gasteiger partial charge in [0.2, 0.25) is 10.0 Å². The van der Waals surface area contributed by atoms with E-state index in [4.69, 9.17) is 0 Å². The van der Waals surface area contributed by atoms with Gasteiger partial charge in [0.15, 0.2) is 0 Å². The van der Waals surface area contributed by atoms with Crippen LogP contribution in [-0.2, 0) is 10.0 Å². The van der Waals surface area contributed by atoms with Crippen LogP contribution in [0.2, 0.25) is 0 Å². The zero-order valence-electron chi connectivity index (χ0n) is 12.6. The quantitative estimate of drug-likeness (QED) is 0.844. The minimum Gasteiger partial charge on any atom is -0.285 e. The Bertz CT molecular complexity index is 903. The molecular formula is C17H17N3O2S. The molecule has 3 unspecified atom stereocenters. The first-order valence-electron chi connectivity index (χ1n) is 7.74. The van der Waals surface area contributed by atoms with Gasteiger partial charge < -0.3 is 0 Å². The highest BCUT2D eigenvalue weighted by molar-refractivity contribution is 7.89. The van der Waals surface area contributed by atoms with Crippen molar-refractivity contribution in [3.63, 3.8) is 0 Å². The molecular weight excluding hydrogens is 310 g/mol. The van der Waals surface area contributed by atoms with E-state index in [1.165, 1.54) is 4.31 Å². The van der Waals surface area contributed by atoms with Crippen molar-refractivity contribution in [1.82, 2.24) is 9.21 Å². The van der Waals surface area contributed by atoms with Crippen LogP contribution in [0, 0.1) is 11.3 Å². The van der Waals surface area contributed by atoms with Crippen LogP contribution < -0.4 is 0 Å². The number of sulfonamides is 1. The third kappa shape index (κ3) is 2.32. The predicted octanol–water partition coefficient (Wildman–Crippen LogP) is 1.81. The van der Waals surface area contributed by atoms with Crippen LogP contribution in [0.5, 0.6) is 0 Å². The predicted molar refractivity (Wildman–Crippen MR) is 87.2 cm³/mol. The topological polar surface area (TPSA) is 64.4 Å². The molecule has 23 heavy (non-hydrogen) atoms. The van der Waals surface area contributed by atoms with E-state index in [0.29, 0.717) is 11.4 Å². The second-order valence-electron chi connectivity index (χ2n) is 6.17. The molecule has 2 bridgehead atoms. The molecule has 6 heteroatoms. The van der Waals surface area contributed by atoms with E-state index in [9.17, 15) is 13.7 Å². The molecule has 2 aromatic carbocycles. The van der Waals surface area contributed by atoms with Crippen LogP contribution in [0.4, 0.5) is 0 Å². The zero-order chi connectivity index (χ0) is 16.0. The van der Waals surface area contributed by atoms with Crippen molar-refractivity contribution in [3.05, 3.63) is 42.5 Å². The van der Waals surface area contributed by atoms with E-state index in [0.717, 1.165) is 23.7 Å². The van der Waals surface area contributed by atoms with Gasteiger partial charge in [-0.25, -0.2) is 8.42 Å². The second-order valence-corrected chi connectivity index (χ2v) is 8.06. The Balaban J connectivity index is 1.75. The molecule has 2 fully saturated rings. The van der Waals surface area contributed by atoms with Crippen LogP contribution in [0.1, 0.15) is 6.42 Å². The second kappa shape index (κ2) is 5.31. The van der Waals surface area contributed by atoms with Gasteiger partial charge in [-0.15, -0.1) is 0 Å². The lowest BCUT2D eigenvalue weighted by Crippen LogP contribution is -2.53. The fourth-order valence-electron chi connectivity index (χ4n) is 3.60. The summed E-state index contributed by atoms with van der Waals surface area (Å²) in [7, 11) is -3.58. The molecule has 5 nitrogen and oxygen atoms in total. The van der Waals surface area contributed by atoms with Gasteiger partial charge in [0, 0.05) is 25.7 Å². The maximum absolute atomic E-state index is 13.1. The number of piperazine rings is 1. The molecule has 2 saturated heterocycles. The molecule has 2 aromatic rings. The van der Waals surface area contributed by atoms with E-state index in [1.54, 1.807) is 12.1 Å². The number of nitriles is 1. The third-order valence-electron chi connectivity index (χ3n) is 4.87. The van der Waals surface area contributed by atoms with E-state index >= 15 is 0 Å². The first kappa shape index (κ1) is 14.6. The van der Waals surface area contributed by atoms with Crippen LogP contribution in [0.25, 0.3) is 10.8 Å². The summed E-state index contributed by atoms with van der Waals surface area (Å²) < 4.78 is 27.7. The van der Waals surface area contributed by atoms with E-state index in [-0.39, 0.29) is 18.6 Å². The molecule has 0 amide bonds. The summed E-state index contributed by atoms with van der Waals surface area (Å²) in [5.41, 5.74) is 0. The van der Waals surface area contributed by atoms with Gasteiger partial charge >= 0.3 is 0 Å². The van der Waals surface area contributed by atoms with Gasteiger partial charge in [-0.2, -0.15) is 9.57 Å². The average Bonchev–Trinajstić information content (AvgIpc) is 2.98. The Morgan fingerprint density at radius 1 is 1.09 bits per heavy atom. The standard InChI is InChI=1S/C17H17N3O2S/c18-10-16-12-20(15-7-8-19(16)11-15)23(21,22)17-6-5-13-3-1-2-4-14(13)9-17/h1-6,9,15-16H,7-8,11-12H2. The Kier molecular flexibility index (Phi) is 3.38. The van der Waals surface area contributed by atoms with Gasteiger partial charge in [-0.1, -0.05) is 30.3 Å². The summed E-state index contributed by atoms with van der Waals surface area (Å²) in [6, 6.07) is 14.8. The summed E-state index contributed by atoms with van der Waals surface area (Å²) in [5.74, 6) is 0. The van der Waals surface area contributed by atoms with Crippen LogP contribution >= 0.6 is 0 Å². The highest BCUT2D eigenvalue weighted by Crippen LogP contribution is 2.31. The van der Waals surface area contributed by atoms with Crippen LogP contribution in [0.3, 0.4) is 0 Å². The minimum atomic E-state index is -3.58.